The van der Waals surface area contributed by atoms with Crippen LogP contribution in [0.4, 0.5) is 0 Å². The zero-order chi connectivity index (χ0) is 11.7. The van der Waals surface area contributed by atoms with Gasteiger partial charge in [0.2, 0.25) is 0 Å². The van der Waals surface area contributed by atoms with Gasteiger partial charge in [-0.15, -0.1) is 12.4 Å². The molecular weight excluding hydrogens is 234 g/mol. The summed E-state index contributed by atoms with van der Waals surface area (Å²) in [5.74, 6) is -1.30. The lowest BCUT2D eigenvalue weighted by Gasteiger charge is -2.14. The van der Waals surface area contributed by atoms with Crippen molar-refractivity contribution in [1.82, 2.24) is 5.32 Å². The molecule has 0 saturated carbocycles. The monoisotopic (exact) mass is 253 g/mol. The second-order valence-electron chi connectivity index (χ2n) is 3.32. The van der Waals surface area contributed by atoms with E-state index in [1.807, 2.05) is 6.92 Å². The van der Waals surface area contributed by atoms with Crippen LogP contribution in [0, 0.1) is 0 Å². The molecule has 5 nitrogen and oxygen atoms in total. The molecular formula is C10H20ClNO4. The summed E-state index contributed by atoms with van der Waals surface area (Å²) >= 11 is 0. The summed E-state index contributed by atoms with van der Waals surface area (Å²) in [7, 11) is 1.30. The van der Waals surface area contributed by atoms with Crippen molar-refractivity contribution in [2.45, 2.75) is 38.6 Å². The number of hydrogen-bond donors (Lipinski definition) is 2. The molecule has 0 rings (SSSR count). The van der Waals surface area contributed by atoms with Crippen molar-refractivity contribution < 1.29 is 19.4 Å². The van der Waals surface area contributed by atoms with E-state index in [1.165, 1.54) is 7.11 Å². The molecule has 96 valence electrons. The number of halogens is 1. The molecule has 6 heteroatoms. The van der Waals surface area contributed by atoms with E-state index in [4.69, 9.17) is 5.11 Å². The Morgan fingerprint density at radius 1 is 1.44 bits per heavy atom. The molecule has 0 spiro atoms. The molecule has 0 aliphatic heterocycles. The number of methoxy groups -OCH3 is 1. The number of carboxylic acid groups (broad SMARTS) is 1. The summed E-state index contributed by atoms with van der Waals surface area (Å²) in [6.07, 6.45) is 2.23. The second kappa shape index (κ2) is 10.7. The van der Waals surface area contributed by atoms with Gasteiger partial charge in [0, 0.05) is 6.42 Å². The van der Waals surface area contributed by atoms with Crippen LogP contribution in [-0.4, -0.2) is 36.7 Å². The van der Waals surface area contributed by atoms with Crippen molar-refractivity contribution in [3.05, 3.63) is 0 Å². The lowest BCUT2D eigenvalue weighted by Crippen LogP contribution is -2.38. The Balaban J connectivity index is 0. The van der Waals surface area contributed by atoms with E-state index in [2.05, 4.69) is 10.1 Å². The fourth-order valence-electron chi connectivity index (χ4n) is 1.17. The van der Waals surface area contributed by atoms with Gasteiger partial charge in [-0.05, 0) is 19.4 Å². The van der Waals surface area contributed by atoms with Crippen LogP contribution in [0.2, 0.25) is 0 Å². The van der Waals surface area contributed by atoms with Crippen LogP contribution in [0.15, 0.2) is 0 Å². The Morgan fingerprint density at radius 3 is 2.50 bits per heavy atom. The Labute approximate surface area is 102 Å². The number of rotatable bonds is 8. The maximum atomic E-state index is 11.2. The zero-order valence-corrected chi connectivity index (χ0v) is 10.5. The number of nitrogens with one attached hydrogen (secondary N) is 1. The number of carbonyl (C=O) groups excluding carboxylic acids is 1. The molecule has 0 radical (unpaired) electrons. The number of hydrogen-bond acceptors (Lipinski definition) is 4. The van der Waals surface area contributed by atoms with Gasteiger partial charge in [0.25, 0.3) is 0 Å². The molecule has 1 unspecified atom stereocenters. The minimum atomic E-state index is -0.902. The number of aliphatic carboxylic acids is 1. The van der Waals surface area contributed by atoms with Crippen molar-refractivity contribution in [3.63, 3.8) is 0 Å². The van der Waals surface area contributed by atoms with Gasteiger partial charge < -0.3 is 15.2 Å². The molecule has 0 aliphatic carbocycles. The normalized spacial score (nSPS) is 11.4. The highest BCUT2D eigenvalue weighted by Gasteiger charge is 2.18. The number of ether oxygens (including phenoxy) is 1. The smallest absolute Gasteiger partial charge is 0.322 e. The lowest BCUT2D eigenvalue weighted by molar-refractivity contribution is -0.143. The van der Waals surface area contributed by atoms with Crippen molar-refractivity contribution in [2.24, 2.45) is 0 Å². The van der Waals surface area contributed by atoms with Gasteiger partial charge in [-0.1, -0.05) is 13.3 Å². The minimum Gasteiger partial charge on any atom is -0.481 e. The topological polar surface area (TPSA) is 75.6 Å². The summed E-state index contributed by atoms with van der Waals surface area (Å²) in [5, 5.41) is 11.5. The second-order valence-corrected chi connectivity index (χ2v) is 3.32. The van der Waals surface area contributed by atoms with Crippen molar-refractivity contribution >= 4 is 24.3 Å². The van der Waals surface area contributed by atoms with Crippen LogP contribution in [0.5, 0.6) is 0 Å². The van der Waals surface area contributed by atoms with Gasteiger partial charge in [-0.2, -0.15) is 0 Å². The van der Waals surface area contributed by atoms with Gasteiger partial charge in [0.05, 0.1) is 7.11 Å². The largest absolute Gasteiger partial charge is 0.481 e. The third kappa shape index (κ3) is 8.49. The van der Waals surface area contributed by atoms with Gasteiger partial charge >= 0.3 is 11.9 Å². The van der Waals surface area contributed by atoms with Gasteiger partial charge in [-0.25, -0.2) is 0 Å². The summed E-state index contributed by atoms with van der Waals surface area (Å²) in [6.45, 7) is 2.75. The summed E-state index contributed by atoms with van der Waals surface area (Å²) in [6, 6.07) is -0.502. The first-order valence-corrected chi connectivity index (χ1v) is 5.14. The first kappa shape index (κ1) is 17.6. The highest BCUT2D eigenvalue weighted by Crippen LogP contribution is 2.00. The van der Waals surface area contributed by atoms with Crippen LogP contribution in [-0.2, 0) is 14.3 Å². The van der Waals surface area contributed by atoms with E-state index in [-0.39, 0.29) is 25.2 Å². The quantitative estimate of drug-likeness (QED) is 0.502. The van der Waals surface area contributed by atoms with E-state index >= 15 is 0 Å². The van der Waals surface area contributed by atoms with E-state index in [0.29, 0.717) is 6.54 Å². The van der Waals surface area contributed by atoms with Gasteiger partial charge in [0.1, 0.15) is 6.04 Å². The number of carbonyl (C=O) groups is 2. The number of unbranched alkanes of at least 4 members (excludes halogenated alkanes) is 1. The Kier molecular flexibility index (Phi) is 11.8. The molecule has 0 heterocycles. The average molecular weight is 254 g/mol. The fraction of sp³-hybridized carbons (Fsp3) is 0.800. The van der Waals surface area contributed by atoms with Crippen LogP contribution in [0.1, 0.15) is 32.6 Å². The number of carboxylic acids is 1. The predicted octanol–water partition coefficient (Wildman–Crippen LogP) is 1.20. The molecule has 0 amide bonds. The lowest BCUT2D eigenvalue weighted by atomic mass is 10.1. The first-order chi connectivity index (χ1) is 7.11. The zero-order valence-electron chi connectivity index (χ0n) is 9.69. The highest BCUT2D eigenvalue weighted by molar-refractivity contribution is 5.85. The third-order valence-electron chi connectivity index (χ3n) is 2.05. The summed E-state index contributed by atoms with van der Waals surface area (Å²) in [5.41, 5.74) is 0. The number of esters is 1. The van der Waals surface area contributed by atoms with Crippen molar-refractivity contribution in [3.8, 4) is 0 Å². The molecule has 0 aromatic rings. The summed E-state index contributed by atoms with van der Waals surface area (Å²) < 4.78 is 4.58. The Hall–Kier alpha value is -0.810. The summed E-state index contributed by atoms with van der Waals surface area (Å²) in [4.78, 5) is 21.6. The molecule has 1 atom stereocenters. The molecule has 0 bridgehead atoms. The van der Waals surface area contributed by atoms with Crippen LogP contribution in [0.3, 0.4) is 0 Å². The van der Waals surface area contributed by atoms with Crippen molar-refractivity contribution in [1.29, 1.82) is 0 Å². The molecule has 0 aromatic carbocycles. The SMILES string of the molecule is CCCCNC(CCC(=O)O)C(=O)OC.Cl. The molecule has 16 heavy (non-hydrogen) atoms. The van der Waals surface area contributed by atoms with Crippen LogP contribution < -0.4 is 5.32 Å². The van der Waals surface area contributed by atoms with Crippen molar-refractivity contribution in [2.75, 3.05) is 13.7 Å². The predicted molar refractivity (Wildman–Crippen MR) is 62.8 cm³/mol. The minimum absolute atomic E-state index is 0. The van der Waals surface area contributed by atoms with Crippen LogP contribution in [0.25, 0.3) is 0 Å². The Morgan fingerprint density at radius 2 is 2.06 bits per heavy atom. The molecule has 0 aromatic heterocycles. The molecule has 0 aliphatic rings. The molecule has 0 fully saturated rings. The van der Waals surface area contributed by atoms with E-state index in [1.54, 1.807) is 0 Å². The first-order valence-electron chi connectivity index (χ1n) is 5.14. The van der Waals surface area contributed by atoms with E-state index < -0.39 is 18.0 Å². The van der Waals surface area contributed by atoms with Crippen LogP contribution >= 0.6 is 12.4 Å². The maximum absolute atomic E-state index is 11.2. The standard InChI is InChI=1S/C10H19NO4.ClH/c1-3-4-7-11-8(10(14)15-2)5-6-9(12)13;/h8,11H,3-7H2,1-2H3,(H,12,13);1H. The van der Waals surface area contributed by atoms with E-state index in [0.717, 1.165) is 12.8 Å². The molecule has 0 saturated heterocycles. The highest BCUT2D eigenvalue weighted by atomic mass is 35.5. The van der Waals surface area contributed by atoms with Gasteiger partial charge in [0.15, 0.2) is 0 Å². The third-order valence-corrected chi connectivity index (χ3v) is 2.05. The maximum Gasteiger partial charge on any atom is 0.322 e. The fourth-order valence-corrected chi connectivity index (χ4v) is 1.17. The average Bonchev–Trinajstić information content (AvgIpc) is 2.21. The van der Waals surface area contributed by atoms with Gasteiger partial charge in [-0.3, -0.25) is 9.59 Å². The molecule has 2 N–H and O–H groups in total. The Bertz CT molecular complexity index is 211. The van der Waals surface area contributed by atoms with E-state index in [9.17, 15) is 9.59 Å².